The minimum Gasteiger partial charge on any atom is -0.478 e. The molecule has 0 amide bonds. The third-order valence-electron chi connectivity index (χ3n) is 4.13. The largest absolute Gasteiger partial charge is 0.478 e. The smallest absolute Gasteiger partial charge is 0.331 e. The van der Waals surface area contributed by atoms with Crippen molar-refractivity contribution in [3.05, 3.63) is 23.0 Å². The Labute approximate surface area is 126 Å². The molecule has 0 spiro atoms. The summed E-state index contributed by atoms with van der Waals surface area (Å²) in [4.78, 5) is 22.2. The summed E-state index contributed by atoms with van der Waals surface area (Å²) >= 11 is 0. The number of rotatable bonds is 6. The van der Waals surface area contributed by atoms with Crippen LogP contribution in [0.5, 0.6) is 0 Å². The van der Waals surface area contributed by atoms with Gasteiger partial charge in [-0.2, -0.15) is 0 Å². The number of carbonyl (C=O) groups is 2. The monoisotopic (exact) mass is 294 g/mol. The molecule has 1 rings (SSSR count). The van der Waals surface area contributed by atoms with Gasteiger partial charge in [0, 0.05) is 12.8 Å². The van der Waals surface area contributed by atoms with Gasteiger partial charge in [0.05, 0.1) is 6.08 Å². The highest BCUT2D eigenvalue weighted by Gasteiger charge is 2.28. The zero-order chi connectivity index (χ0) is 16.0. The Morgan fingerprint density at radius 2 is 2.05 bits per heavy atom. The van der Waals surface area contributed by atoms with Crippen molar-refractivity contribution < 1.29 is 19.4 Å². The van der Waals surface area contributed by atoms with Crippen molar-refractivity contribution in [1.29, 1.82) is 0 Å². The molecule has 118 valence electrons. The van der Waals surface area contributed by atoms with E-state index in [1.807, 2.05) is 0 Å². The normalized spacial score (nSPS) is 18.6. The van der Waals surface area contributed by atoms with Gasteiger partial charge in [-0.1, -0.05) is 31.9 Å². The van der Waals surface area contributed by atoms with Crippen molar-refractivity contribution in [2.75, 3.05) is 0 Å². The van der Waals surface area contributed by atoms with Crippen LogP contribution in [-0.2, 0) is 14.3 Å². The van der Waals surface area contributed by atoms with Gasteiger partial charge in [0.15, 0.2) is 0 Å². The molecule has 0 radical (unpaired) electrons. The maximum absolute atomic E-state index is 11.4. The molecular formula is C17H26O4. The van der Waals surface area contributed by atoms with Crippen LogP contribution in [0.1, 0.15) is 66.2 Å². The van der Waals surface area contributed by atoms with Gasteiger partial charge in [-0.3, -0.25) is 4.79 Å². The fraction of sp³-hybridized carbons (Fsp3) is 0.647. The lowest BCUT2D eigenvalue weighted by Crippen LogP contribution is -2.20. The summed E-state index contributed by atoms with van der Waals surface area (Å²) in [6.45, 7) is 8.29. The van der Waals surface area contributed by atoms with Crippen molar-refractivity contribution in [2.24, 2.45) is 5.41 Å². The lowest BCUT2D eigenvalue weighted by molar-refractivity contribution is -0.139. The van der Waals surface area contributed by atoms with Gasteiger partial charge in [0.25, 0.3) is 0 Å². The Morgan fingerprint density at radius 1 is 1.38 bits per heavy atom. The first-order valence-corrected chi connectivity index (χ1v) is 7.59. The predicted octanol–water partition coefficient (Wildman–Crippen LogP) is 4.21. The second-order valence-corrected chi connectivity index (χ2v) is 6.27. The molecule has 0 saturated carbocycles. The Balaban J connectivity index is 2.81. The molecule has 1 aliphatic carbocycles. The van der Waals surface area contributed by atoms with Crippen molar-refractivity contribution in [2.45, 2.75) is 66.2 Å². The number of carboxylic acid groups (broad SMARTS) is 1. The highest BCUT2D eigenvalue weighted by atomic mass is 16.5. The molecule has 0 heterocycles. The summed E-state index contributed by atoms with van der Waals surface area (Å²) in [5, 5.41) is 8.88. The minimum atomic E-state index is -1.08. The molecule has 0 fully saturated rings. The molecule has 0 bridgehead atoms. The molecule has 0 atom stereocenters. The number of aliphatic carboxylic acids is 1. The summed E-state index contributed by atoms with van der Waals surface area (Å²) in [5.41, 5.74) is 2.91. The number of ether oxygens (including phenoxy) is 1. The fourth-order valence-corrected chi connectivity index (χ4v) is 2.98. The fourth-order valence-electron chi connectivity index (χ4n) is 2.98. The van der Waals surface area contributed by atoms with E-state index >= 15 is 0 Å². The van der Waals surface area contributed by atoms with E-state index in [9.17, 15) is 9.59 Å². The summed E-state index contributed by atoms with van der Waals surface area (Å²) in [6, 6.07) is 0. The van der Waals surface area contributed by atoms with Crippen LogP contribution >= 0.6 is 0 Å². The third-order valence-corrected chi connectivity index (χ3v) is 4.13. The molecule has 4 heteroatoms. The zero-order valence-electron chi connectivity index (χ0n) is 13.5. The van der Waals surface area contributed by atoms with Crippen LogP contribution in [0, 0.1) is 5.41 Å². The highest BCUT2D eigenvalue weighted by Crippen LogP contribution is 2.42. The molecule has 1 aliphatic rings. The van der Waals surface area contributed by atoms with Gasteiger partial charge in [-0.25, -0.2) is 4.79 Å². The number of hydrogen-bond donors (Lipinski definition) is 1. The quantitative estimate of drug-likeness (QED) is 0.345. The summed E-state index contributed by atoms with van der Waals surface area (Å²) < 4.78 is 5.12. The van der Waals surface area contributed by atoms with Gasteiger partial charge in [0.2, 0.25) is 0 Å². The molecule has 4 nitrogen and oxygen atoms in total. The molecule has 0 unspecified atom stereocenters. The Bertz CT molecular complexity index is 469. The SMILES string of the molecule is CCC(=O)OC(=CC(=O)O)CCC1=C(C)CCCC1(C)C. The maximum Gasteiger partial charge on any atom is 0.331 e. The average Bonchev–Trinajstić information content (AvgIpc) is 2.36. The number of hydrogen-bond acceptors (Lipinski definition) is 3. The summed E-state index contributed by atoms with van der Waals surface area (Å²) in [6.07, 6.45) is 5.88. The van der Waals surface area contributed by atoms with Gasteiger partial charge >= 0.3 is 11.9 Å². The highest BCUT2D eigenvalue weighted by molar-refractivity contribution is 5.81. The second kappa shape index (κ2) is 7.43. The van der Waals surface area contributed by atoms with Crippen molar-refractivity contribution in [1.82, 2.24) is 0 Å². The number of esters is 1. The first-order valence-electron chi connectivity index (χ1n) is 7.59. The van der Waals surface area contributed by atoms with Crippen LogP contribution in [0.15, 0.2) is 23.0 Å². The van der Waals surface area contributed by atoms with E-state index < -0.39 is 11.9 Å². The van der Waals surface area contributed by atoms with E-state index in [2.05, 4.69) is 20.8 Å². The van der Waals surface area contributed by atoms with Gasteiger partial charge in [0.1, 0.15) is 5.76 Å². The molecule has 0 aromatic heterocycles. The molecule has 0 aromatic carbocycles. The molecule has 21 heavy (non-hydrogen) atoms. The third kappa shape index (κ3) is 5.37. The van der Waals surface area contributed by atoms with E-state index in [4.69, 9.17) is 9.84 Å². The molecule has 0 aromatic rings. The van der Waals surface area contributed by atoms with E-state index in [1.165, 1.54) is 17.6 Å². The minimum absolute atomic E-state index is 0.144. The van der Waals surface area contributed by atoms with E-state index in [1.54, 1.807) is 6.92 Å². The topological polar surface area (TPSA) is 63.6 Å². The lowest BCUT2D eigenvalue weighted by atomic mass is 9.71. The molecule has 0 saturated heterocycles. The standard InChI is InChI=1S/C17H26O4/c1-5-16(20)21-13(11-15(18)19)8-9-14-12(2)7-6-10-17(14,3)4/h11H,5-10H2,1-4H3,(H,18,19). The van der Waals surface area contributed by atoms with Crippen LogP contribution in [-0.4, -0.2) is 17.0 Å². The van der Waals surface area contributed by atoms with Gasteiger partial charge in [-0.05, 0) is 38.0 Å². The predicted molar refractivity (Wildman–Crippen MR) is 81.7 cm³/mol. The van der Waals surface area contributed by atoms with E-state index in [-0.39, 0.29) is 17.6 Å². The molecule has 1 N–H and O–H groups in total. The lowest BCUT2D eigenvalue weighted by Gasteiger charge is -2.34. The maximum atomic E-state index is 11.4. The summed E-state index contributed by atoms with van der Waals surface area (Å²) in [5.74, 6) is -1.23. The van der Waals surface area contributed by atoms with Crippen molar-refractivity contribution >= 4 is 11.9 Å². The van der Waals surface area contributed by atoms with Crippen LogP contribution in [0.25, 0.3) is 0 Å². The molecular weight excluding hydrogens is 268 g/mol. The zero-order valence-corrected chi connectivity index (χ0v) is 13.5. The van der Waals surface area contributed by atoms with E-state index in [0.717, 1.165) is 25.3 Å². The van der Waals surface area contributed by atoms with Crippen LogP contribution < -0.4 is 0 Å². The Morgan fingerprint density at radius 3 is 2.57 bits per heavy atom. The van der Waals surface area contributed by atoms with Gasteiger partial charge in [-0.15, -0.1) is 0 Å². The Hall–Kier alpha value is -1.58. The Kier molecular flexibility index (Phi) is 6.19. The average molecular weight is 294 g/mol. The first kappa shape index (κ1) is 17.5. The van der Waals surface area contributed by atoms with Crippen LogP contribution in [0.2, 0.25) is 0 Å². The van der Waals surface area contributed by atoms with Gasteiger partial charge < -0.3 is 9.84 Å². The molecule has 0 aliphatic heterocycles. The second-order valence-electron chi connectivity index (χ2n) is 6.27. The van der Waals surface area contributed by atoms with E-state index in [0.29, 0.717) is 6.42 Å². The van der Waals surface area contributed by atoms with Crippen LogP contribution in [0.3, 0.4) is 0 Å². The van der Waals surface area contributed by atoms with Crippen molar-refractivity contribution in [3.63, 3.8) is 0 Å². The number of allylic oxidation sites excluding steroid dienone is 3. The van der Waals surface area contributed by atoms with Crippen molar-refractivity contribution in [3.8, 4) is 0 Å². The van der Waals surface area contributed by atoms with Crippen LogP contribution in [0.4, 0.5) is 0 Å². The first-order chi connectivity index (χ1) is 9.76. The number of carboxylic acids is 1. The number of carbonyl (C=O) groups excluding carboxylic acids is 1. The summed E-state index contributed by atoms with van der Waals surface area (Å²) in [7, 11) is 0.